The molecule has 0 bridgehead atoms. The van der Waals surface area contributed by atoms with Gasteiger partial charge in [-0.1, -0.05) is 17.7 Å². The zero-order valence-corrected chi connectivity index (χ0v) is 15.1. The van der Waals surface area contributed by atoms with Crippen molar-refractivity contribution in [2.24, 2.45) is 0 Å². The highest BCUT2D eigenvalue weighted by molar-refractivity contribution is 6.30. The fraction of sp³-hybridized carbons (Fsp3) is 0.105. The number of nitrogens with one attached hydrogen (secondary N) is 1. The van der Waals surface area contributed by atoms with Crippen LogP contribution in [0.25, 0.3) is 5.69 Å². The van der Waals surface area contributed by atoms with Gasteiger partial charge in [0.1, 0.15) is 0 Å². The number of aromatic nitrogens is 2. The highest BCUT2D eigenvalue weighted by atomic mass is 35.5. The minimum absolute atomic E-state index is 0.102. The average Bonchev–Trinajstić information content (AvgIpc) is 2.66. The van der Waals surface area contributed by atoms with Crippen LogP contribution in [-0.4, -0.2) is 27.5 Å². The van der Waals surface area contributed by atoms with E-state index in [4.69, 9.17) is 21.4 Å². The van der Waals surface area contributed by atoms with Gasteiger partial charge in [-0.3, -0.25) is 4.79 Å². The van der Waals surface area contributed by atoms with Crippen LogP contribution in [0.15, 0.2) is 59.5 Å². The lowest BCUT2D eigenvalue weighted by molar-refractivity contribution is 0.0697. The Morgan fingerprint density at radius 3 is 2.67 bits per heavy atom. The van der Waals surface area contributed by atoms with Gasteiger partial charge in [-0.2, -0.15) is 9.78 Å². The standard InChI is InChI=1S/C19H16ClN3O4/c1-2-27-16-11-21-23(15-8-6-13(20)7-9-15)18(24)17(16)22-14-5-3-4-12(10-14)19(25)26/h3-11,22H,2H2,1H3,(H,25,26). The Balaban J connectivity index is 2.08. The van der Waals surface area contributed by atoms with E-state index in [2.05, 4.69) is 10.4 Å². The number of carbonyl (C=O) groups is 1. The number of nitrogens with zero attached hydrogens (tertiary/aromatic N) is 2. The molecule has 0 radical (unpaired) electrons. The highest BCUT2D eigenvalue weighted by Gasteiger charge is 2.15. The number of carboxylic acids is 1. The molecule has 0 unspecified atom stereocenters. The Morgan fingerprint density at radius 1 is 1.26 bits per heavy atom. The normalized spacial score (nSPS) is 10.4. The first-order valence-electron chi connectivity index (χ1n) is 8.11. The van der Waals surface area contributed by atoms with E-state index in [-0.39, 0.29) is 17.0 Å². The van der Waals surface area contributed by atoms with Crippen LogP contribution in [0.4, 0.5) is 11.4 Å². The summed E-state index contributed by atoms with van der Waals surface area (Å²) in [7, 11) is 0. The molecule has 1 aromatic heterocycles. The first-order chi connectivity index (χ1) is 13.0. The molecule has 0 saturated heterocycles. The number of benzene rings is 2. The molecule has 0 aliphatic heterocycles. The number of carboxylic acid groups (broad SMARTS) is 1. The van der Waals surface area contributed by atoms with E-state index in [1.807, 2.05) is 0 Å². The van der Waals surface area contributed by atoms with Crippen LogP contribution in [0.5, 0.6) is 5.75 Å². The summed E-state index contributed by atoms with van der Waals surface area (Å²) in [5, 5.41) is 16.8. The van der Waals surface area contributed by atoms with Crippen molar-refractivity contribution in [2.75, 3.05) is 11.9 Å². The third-order valence-corrected chi connectivity index (χ3v) is 3.94. The number of hydrogen-bond acceptors (Lipinski definition) is 5. The van der Waals surface area contributed by atoms with Gasteiger partial charge in [0.15, 0.2) is 11.4 Å². The summed E-state index contributed by atoms with van der Waals surface area (Å²) in [5.41, 5.74) is 0.801. The van der Waals surface area contributed by atoms with Crippen molar-refractivity contribution in [3.8, 4) is 11.4 Å². The van der Waals surface area contributed by atoms with Crippen LogP contribution in [0, 0.1) is 0 Å². The highest BCUT2D eigenvalue weighted by Crippen LogP contribution is 2.24. The predicted molar refractivity (Wildman–Crippen MR) is 103 cm³/mol. The van der Waals surface area contributed by atoms with Gasteiger partial charge in [-0.25, -0.2) is 4.79 Å². The molecule has 1 heterocycles. The SMILES string of the molecule is CCOc1cnn(-c2ccc(Cl)cc2)c(=O)c1Nc1cccc(C(=O)O)c1. The second kappa shape index (κ2) is 7.92. The van der Waals surface area contributed by atoms with E-state index in [9.17, 15) is 9.59 Å². The second-order valence-electron chi connectivity index (χ2n) is 5.52. The Morgan fingerprint density at radius 2 is 2.00 bits per heavy atom. The number of aromatic carboxylic acids is 1. The third kappa shape index (κ3) is 4.09. The Labute approximate surface area is 159 Å². The fourth-order valence-corrected chi connectivity index (χ4v) is 2.58. The maximum atomic E-state index is 13.0. The molecule has 0 amide bonds. The zero-order chi connectivity index (χ0) is 19.4. The molecule has 8 heteroatoms. The van der Waals surface area contributed by atoms with Crippen LogP contribution in [-0.2, 0) is 0 Å². The van der Waals surface area contributed by atoms with Gasteiger partial charge in [0.25, 0.3) is 5.56 Å². The summed E-state index contributed by atoms with van der Waals surface area (Å²) >= 11 is 5.90. The van der Waals surface area contributed by atoms with Gasteiger partial charge in [-0.05, 0) is 49.4 Å². The summed E-state index contributed by atoms with van der Waals surface area (Å²) in [6, 6.07) is 12.8. The van der Waals surface area contributed by atoms with Crippen molar-refractivity contribution in [1.82, 2.24) is 9.78 Å². The molecule has 0 saturated carbocycles. The smallest absolute Gasteiger partial charge is 0.335 e. The summed E-state index contributed by atoms with van der Waals surface area (Å²) in [6.45, 7) is 2.13. The molecular formula is C19H16ClN3O4. The number of halogens is 1. The average molecular weight is 386 g/mol. The lowest BCUT2D eigenvalue weighted by Gasteiger charge is -2.14. The van der Waals surface area contributed by atoms with Crippen molar-refractivity contribution < 1.29 is 14.6 Å². The Kier molecular flexibility index (Phi) is 5.42. The van der Waals surface area contributed by atoms with Gasteiger partial charge < -0.3 is 15.2 Å². The molecule has 2 aromatic carbocycles. The van der Waals surface area contributed by atoms with E-state index in [0.717, 1.165) is 0 Å². The fourth-order valence-electron chi connectivity index (χ4n) is 2.46. The molecule has 27 heavy (non-hydrogen) atoms. The number of hydrogen-bond donors (Lipinski definition) is 2. The molecule has 2 N–H and O–H groups in total. The monoisotopic (exact) mass is 385 g/mol. The van der Waals surface area contributed by atoms with Crippen LogP contribution >= 0.6 is 11.6 Å². The minimum Gasteiger partial charge on any atom is -0.490 e. The Hall–Kier alpha value is -3.32. The molecule has 0 fully saturated rings. The van der Waals surface area contributed by atoms with Crippen LogP contribution in [0.1, 0.15) is 17.3 Å². The summed E-state index contributed by atoms with van der Waals surface area (Å²) in [4.78, 5) is 24.2. The number of ether oxygens (including phenoxy) is 1. The van der Waals surface area contributed by atoms with Crippen molar-refractivity contribution in [2.45, 2.75) is 6.92 Å². The van der Waals surface area contributed by atoms with Crippen molar-refractivity contribution in [3.63, 3.8) is 0 Å². The maximum absolute atomic E-state index is 13.0. The number of anilines is 2. The van der Waals surface area contributed by atoms with E-state index in [0.29, 0.717) is 23.0 Å². The largest absolute Gasteiger partial charge is 0.490 e. The molecule has 7 nitrogen and oxygen atoms in total. The lowest BCUT2D eigenvalue weighted by Crippen LogP contribution is -2.24. The van der Waals surface area contributed by atoms with Crippen molar-refractivity contribution in [1.29, 1.82) is 0 Å². The Bertz CT molecular complexity index is 1030. The maximum Gasteiger partial charge on any atom is 0.335 e. The molecule has 3 aromatic rings. The minimum atomic E-state index is -1.06. The molecule has 0 aliphatic rings. The molecule has 0 aliphatic carbocycles. The first kappa shape index (κ1) is 18.5. The second-order valence-corrected chi connectivity index (χ2v) is 5.96. The zero-order valence-electron chi connectivity index (χ0n) is 14.3. The molecule has 0 atom stereocenters. The topological polar surface area (TPSA) is 93.5 Å². The van der Waals surface area contributed by atoms with E-state index in [1.165, 1.54) is 23.0 Å². The summed E-state index contributed by atoms with van der Waals surface area (Å²) in [5.74, 6) is -0.787. The summed E-state index contributed by atoms with van der Waals surface area (Å²) in [6.07, 6.45) is 1.43. The lowest BCUT2D eigenvalue weighted by atomic mass is 10.2. The predicted octanol–water partition coefficient (Wildman–Crippen LogP) is 3.73. The van der Waals surface area contributed by atoms with Gasteiger partial charge in [0.05, 0.1) is 24.1 Å². The van der Waals surface area contributed by atoms with Gasteiger partial charge in [0.2, 0.25) is 0 Å². The molecule has 138 valence electrons. The molecule has 3 rings (SSSR count). The number of rotatable bonds is 6. The van der Waals surface area contributed by atoms with Crippen molar-refractivity contribution in [3.05, 3.63) is 75.7 Å². The first-order valence-corrected chi connectivity index (χ1v) is 8.49. The van der Waals surface area contributed by atoms with Crippen molar-refractivity contribution >= 4 is 28.9 Å². The summed E-state index contributed by atoms with van der Waals surface area (Å²) < 4.78 is 6.71. The van der Waals surface area contributed by atoms with Crippen LogP contribution in [0.2, 0.25) is 5.02 Å². The van der Waals surface area contributed by atoms with Crippen LogP contribution < -0.4 is 15.6 Å². The van der Waals surface area contributed by atoms with Gasteiger partial charge in [0, 0.05) is 10.7 Å². The van der Waals surface area contributed by atoms with Crippen LogP contribution in [0.3, 0.4) is 0 Å². The quantitative estimate of drug-likeness (QED) is 0.671. The van der Waals surface area contributed by atoms with E-state index >= 15 is 0 Å². The third-order valence-electron chi connectivity index (χ3n) is 3.69. The van der Waals surface area contributed by atoms with E-state index < -0.39 is 11.5 Å². The van der Waals surface area contributed by atoms with Gasteiger partial charge >= 0.3 is 5.97 Å². The van der Waals surface area contributed by atoms with Gasteiger partial charge in [-0.15, -0.1) is 0 Å². The molecule has 0 spiro atoms. The molecular weight excluding hydrogens is 370 g/mol. The van der Waals surface area contributed by atoms with E-state index in [1.54, 1.807) is 43.3 Å².